The summed E-state index contributed by atoms with van der Waals surface area (Å²) >= 11 is 0. The van der Waals surface area contributed by atoms with Crippen molar-refractivity contribution in [3.05, 3.63) is 23.7 Å². The Morgan fingerprint density at radius 3 is 2.47 bits per heavy atom. The quantitative estimate of drug-likeness (QED) is 0.356. The van der Waals surface area contributed by atoms with Crippen molar-refractivity contribution < 1.29 is 14.3 Å². The van der Waals surface area contributed by atoms with E-state index in [9.17, 15) is 4.79 Å². The molecule has 1 aromatic heterocycles. The molecule has 5 rings (SSSR count). The van der Waals surface area contributed by atoms with Crippen molar-refractivity contribution in [1.82, 2.24) is 15.0 Å². The number of allylic oxidation sites excluding steroid dienone is 1. The van der Waals surface area contributed by atoms with Crippen molar-refractivity contribution >= 4 is 17.9 Å². The maximum absolute atomic E-state index is 13.9. The van der Waals surface area contributed by atoms with Crippen LogP contribution >= 0.6 is 0 Å². The fourth-order valence-corrected chi connectivity index (χ4v) is 9.75. The summed E-state index contributed by atoms with van der Waals surface area (Å²) in [7, 11) is 3.51. The highest BCUT2D eigenvalue weighted by atomic mass is 16.5. The molecule has 6 nitrogen and oxygen atoms in total. The number of carbonyl (C=O) groups is 1. The predicted molar refractivity (Wildman–Crippen MR) is 151 cm³/mol. The smallest absolute Gasteiger partial charge is 0.159 e. The number of Topliss-reactive ketones (excluding diaryl/α,β-unsaturated/α-hetero) is 1. The second-order valence-electron chi connectivity index (χ2n) is 13.6. The fraction of sp³-hybridized carbons (Fsp3) is 0.781. The van der Waals surface area contributed by atoms with E-state index in [4.69, 9.17) is 9.47 Å². The first-order valence-corrected chi connectivity index (χ1v) is 15.0. The summed E-state index contributed by atoms with van der Waals surface area (Å²) in [6.07, 6.45) is 13.6. The van der Waals surface area contributed by atoms with Gasteiger partial charge in [0, 0.05) is 25.7 Å². The second-order valence-corrected chi connectivity index (χ2v) is 13.6. The Balaban J connectivity index is 1.37. The Kier molecular flexibility index (Phi) is 7.67. The fourth-order valence-electron chi connectivity index (χ4n) is 9.75. The van der Waals surface area contributed by atoms with Gasteiger partial charge in [0.15, 0.2) is 5.78 Å². The normalized spacial score (nSPS) is 40.7. The van der Waals surface area contributed by atoms with Gasteiger partial charge in [-0.15, -0.1) is 0 Å². The summed E-state index contributed by atoms with van der Waals surface area (Å²) < 4.78 is 11.1. The molecule has 0 spiro atoms. The molecule has 4 aliphatic rings. The van der Waals surface area contributed by atoms with Gasteiger partial charge in [-0.05, 0) is 104 Å². The van der Waals surface area contributed by atoms with Crippen molar-refractivity contribution in [1.29, 1.82) is 0 Å². The SMILES string of the molecule is C=Cc1nn(CC(=O)C2CCC3C4C(COC)CC5CC(C)CCC5(C)C4CCC23C)nc1/C=C(\C)OC. The Hall–Kier alpha value is -1.95. The number of hydrogen-bond acceptors (Lipinski definition) is 5. The van der Waals surface area contributed by atoms with Crippen LogP contribution in [0.2, 0.25) is 0 Å². The van der Waals surface area contributed by atoms with Gasteiger partial charge < -0.3 is 9.47 Å². The number of ketones is 1. The van der Waals surface area contributed by atoms with E-state index in [1.807, 2.05) is 20.1 Å². The highest BCUT2D eigenvalue weighted by Gasteiger charge is 2.63. The van der Waals surface area contributed by atoms with Crippen LogP contribution in [-0.4, -0.2) is 41.6 Å². The first kappa shape index (κ1) is 27.6. The first-order valence-electron chi connectivity index (χ1n) is 15.0. The Bertz CT molecular complexity index is 1080. The highest BCUT2D eigenvalue weighted by Crippen LogP contribution is 2.69. The van der Waals surface area contributed by atoms with Gasteiger partial charge in [0.25, 0.3) is 0 Å². The van der Waals surface area contributed by atoms with Crippen LogP contribution in [0.25, 0.3) is 12.2 Å². The van der Waals surface area contributed by atoms with Crippen LogP contribution in [0, 0.1) is 52.3 Å². The first-order chi connectivity index (χ1) is 18.1. The van der Waals surface area contributed by atoms with E-state index < -0.39 is 0 Å². The molecule has 1 aromatic rings. The zero-order chi connectivity index (χ0) is 27.2. The summed E-state index contributed by atoms with van der Waals surface area (Å²) in [6.45, 7) is 14.4. The van der Waals surface area contributed by atoms with Crippen LogP contribution < -0.4 is 0 Å². The average Bonchev–Trinajstić information content (AvgIpc) is 3.44. The molecule has 6 heteroatoms. The van der Waals surface area contributed by atoms with Gasteiger partial charge in [-0.3, -0.25) is 4.79 Å². The van der Waals surface area contributed by atoms with Crippen LogP contribution in [0.1, 0.15) is 90.4 Å². The Morgan fingerprint density at radius 2 is 1.76 bits per heavy atom. The lowest BCUT2D eigenvalue weighted by molar-refractivity contribution is -0.157. The van der Waals surface area contributed by atoms with Gasteiger partial charge in [0.05, 0.1) is 12.9 Å². The Labute approximate surface area is 229 Å². The standard InChI is InChI=1S/C32H49N3O3/c1-8-27-28(16-21(3)38-7)34-35(33-27)18-29(36)24-9-10-25-30-22(19-37-6)17-23-15-20(2)11-13-31(23,4)26(30)12-14-32(24,25)5/h8,16,20,22-26,30H,1,9-15,17-19H2,2-7H3/b21-16+. The average molecular weight is 524 g/mol. The summed E-state index contributed by atoms with van der Waals surface area (Å²) in [5, 5.41) is 9.18. The maximum atomic E-state index is 13.9. The molecule has 0 aromatic carbocycles. The third-order valence-electron chi connectivity index (χ3n) is 11.7. The van der Waals surface area contributed by atoms with E-state index in [1.165, 1.54) is 32.1 Å². The molecule has 0 aliphatic heterocycles. The van der Waals surface area contributed by atoms with Gasteiger partial charge in [0.1, 0.15) is 17.9 Å². The lowest BCUT2D eigenvalue weighted by atomic mass is 9.42. The molecular formula is C32H49N3O3. The molecule has 9 unspecified atom stereocenters. The van der Waals surface area contributed by atoms with Gasteiger partial charge >= 0.3 is 0 Å². The van der Waals surface area contributed by atoms with Crippen molar-refractivity contribution in [2.24, 2.45) is 52.3 Å². The number of aromatic nitrogens is 3. The zero-order valence-electron chi connectivity index (χ0n) is 24.5. The molecule has 4 fully saturated rings. The Morgan fingerprint density at radius 1 is 1.05 bits per heavy atom. The minimum atomic E-state index is 0.0547. The second kappa shape index (κ2) is 10.6. The van der Waals surface area contributed by atoms with Crippen LogP contribution in [0.3, 0.4) is 0 Å². The molecule has 9 atom stereocenters. The molecule has 210 valence electrons. The minimum Gasteiger partial charge on any atom is -0.501 e. The largest absolute Gasteiger partial charge is 0.501 e. The lowest BCUT2D eigenvalue weighted by Crippen LogP contribution is -2.57. The number of carbonyl (C=O) groups excluding carboxylic acids is 1. The van der Waals surface area contributed by atoms with Crippen molar-refractivity contribution in [2.45, 2.75) is 85.6 Å². The molecular weight excluding hydrogens is 474 g/mol. The zero-order valence-corrected chi connectivity index (χ0v) is 24.5. The molecule has 4 aliphatic carbocycles. The van der Waals surface area contributed by atoms with Crippen LogP contribution in [-0.2, 0) is 20.8 Å². The number of nitrogens with zero attached hydrogens (tertiary/aromatic N) is 3. The van der Waals surface area contributed by atoms with Gasteiger partial charge in [0.2, 0.25) is 0 Å². The van der Waals surface area contributed by atoms with E-state index in [1.54, 1.807) is 18.0 Å². The lowest BCUT2D eigenvalue weighted by Gasteiger charge is -2.63. The van der Waals surface area contributed by atoms with E-state index in [2.05, 4.69) is 37.5 Å². The highest BCUT2D eigenvalue weighted by molar-refractivity contribution is 5.82. The number of ether oxygens (including phenoxy) is 2. The van der Waals surface area contributed by atoms with E-state index >= 15 is 0 Å². The van der Waals surface area contributed by atoms with Gasteiger partial charge in [-0.2, -0.15) is 15.0 Å². The minimum absolute atomic E-state index is 0.0547. The van der Waals surface area contributed by atoms with Crippen LogP contribution in [0.5, 0.6) is 0 Å². The third-order valence-corrected chi connectivity index (χ3v) is 11.7. The third kappa shape index (κ3) is 4.59. The molecule has 0 radical (unpaired) electrons. The number of fused-ring (bicyclic) bond motifs is 5. The van der Waals surface area contributed by atoms with Crippen molar-refractivity contribution in [3.8, 4) is 0 Å². The molecule has 38 heavy (non-hydrogen) atoms. The maximum Gasteiger partial charge on any atom is 0.159 e. The molecule has 0 saturated heterocycles. The topological polar surface area (TPSA) is 66.2 Å². The number of rotatable bonds is 8. The van der Waals surface area contributed by atoms with Crippen LogP contribution in [0.15, 0.2) is 12.3 Å². The van der Waals surface area contributed by atoms with Crippen molar-refractivity contribution in [2.75, 3.05) is 20.8 Å². The number of hydrogen-bond donors (Lipinski definition) is 0. The predicted octanol–water partition coefficient (Wildman–Crippen LogP) is 6.66. The molecule has 1 heterocycles. The molecule has 0 N–H and O–H groups in total. The monoisotopic (exact) mass is 523 g/mol. The summed E-state index contributed by atoms with van der Waals surface area (Å²) in [5.74, 6) is 5.44. The number of methoxy groups -OCH3 is 2. The molecule has 4 saturated carbocycles. The van der Waals surface area contributed by atoms with E-state index in [0.29, 0.717) is 34.6 Å². The summed E-state index contributed by atoms with van der Waals surface area (Å²) in [4.78, 5) is 15.4. The van der Waals surface area contributed by atoms with E-state index in [0.717, 1.165) is 49.4 Å². The molecule has 0 bridgehead atoms. The summed E-state index contributed by atoms with van der Waals surface area (Å²) in [6, 6.07) is 0. The van der Waals surface area contributed by atoms with Gasteiger partial charge in [-0.1, -0.05) is 33.8 Å². The van der Waals surface area contributed by atoms with Crippen molar-refractivity contribution in [3.63, 3.8) is 0 Å². The van der Waals surface area contributed by atoms with E-state index in [-0.39, 0.29) is 23.7 Å². The summed E-state index contributed by atoms with van der Waals surface area (Å²) in [5.41, 5.74) is 1.88. The van der Waals surface area contributed by atoms with Gasteiger partial charge in [-0.25, -0.2) is 0 Å². The van der Waals surface area contributed by atoms with Crippen LogP contribution in [0.4, 0.5) is 0 Å². The molecule has 0 amide bonds.